The summed E-state index contributed by atoms with van der Waals surface area (Å²) in [6, 6.07) is 9.32. The first kappa shape index (κ1) is 21.9. The first-order chi connectivity index (χ1) is 14.0. The van der Waals surface area contributed by atoms with Gasteiger partial charge in [-0.3, -0.25) is 0 Å². The molecule has 0 aliphatic rings. The van der Waals surface area contributed by atoms with Gasteiger partial charge in [-0.15, -0.1) is 0 Å². The van der Waals surface area contributed by atoms with E-state index in [1.165, 1.54) is 12.1 Å². The standard InChI is InChI=1S/C21H22F3N3O2S/c1-4-30(28,29)17-8-9-19(18(11-17)20-12-27(3)13-25-20)26-14(2)15-6-5-7-16(10-15)21(22,23)24/h5-14,26H,4H2,1-3H3/t14-/m1/s1. The zero-order chi connectivity index (χ0) is 22.1. The number of nitrogens with one attached hydrogen (secondary N) is 1. The van der Waals surface area contributed by atoms with Gasteiger partial charge >= 0.3 is 6.18 Å². The molecular weight excluding hydrogens is 415 g/mol. The van der Waals surface area contributed by atoms with Crippen molar-refractivity contribution in [2.45, 2.75) is 31.0 Å². The van der Waals surface area contributed by atoms with Crippen molar-refractivity contribution >= 4 is 15.5 Å². The molecule has 1 aromatic heterocycles. The highest BCUT2D eigenvalue weighted by atomic mass is 32.2. The third kappa shape index (κ3) is 4.67. The molecule has 0 aliphatic heterocycles. The summed E-state index contributed by atoms with van der Waals surface area (Å²) in [5, 5.41) is 3.20. The minimum absolute atomic E-state index is 0.0396. The van der Waals surface area contributed by atoms with Crippen molar-refractivity contribution < 1.29 is 21.6 Å². The average Bonchev–Trinajstić information content (AvgIpc) is 3.13. The summed E-state index contributed by atoms with van der Waals surface area (Å²) in [5.41, 5.74) is 1.44. The molecule has 0 amide bonds. The molecule has 9 heteroatoms. The largest absolute Gasteiger partial charge is 0.416 e. The molecule has 0 fully saturated rings. The lowest BCUT2D eigenvalue weighted by Crippen LogP contribution is -2.11. The number of benzene rings is 2. The zero-order valence-electron chi connectivity index (χ0n) is 16.7. The number of halogens is 3. The van der Waals surface area contributed by atoms with Crippen LogP contribution in [0.2, 0.25) is 0 Å². The third-order valence-corrected chi connectivity index (χ3v) is 6.53. The predicted molar refractivity (Wildman–Crippen MR) is 110 cm³/mol. The highest BCUT2D eigenvalue weighted by Gasteiger charge is 2.30. The second kappa shape index (κ2) is 8.14. The van der Waals surface area contributed by atoms with Crippen LogP contribution in [0.25, 0.3) is 11.3 Å². The van der Waals surface area contributed by atoms with Gasteiger partial charge in [-0.1, -0.05) is 19.1 Å². The van der Waals surface area contributed by atoms with E-state index in [1.807, 2.05) is 0 Å². The number of hydrogen-bond acceptors (Lipinski definition) is 4. The molecule has 0 bridgehead atoms. The Morgan fingerprint density at radius 2 is 1.90 bits per heavy atom. The van der Waals surface area contributed by atoms with Crippen molar-refractivity contribution in [1.82, 2.24) is 9.55 Å². The molecule has 0 aliphatic carbocycles. The van der Waals surface area contributed by atoms with Crippen LogP contribution in [-0.4, -0.2) is 23.7 Å². The molecule has 3 aromatic rings. The van der Waals surface area contributed by atoms with E-state index in [2.05, 4.69) is 10.3 Å². The first-order valence-corrected chi connectivity index (χ1v) is 11.0. The lowest BCUT2D eigenvalue weighted by atomic mass is 10.0. The fourth-order valence-electron chi connectivity index (χ4n) is 3.07. The monoisotopic (exact) mass is 437 g/mol. The third-order valence-electron chi connectivity index (χ3n) is 4.80. The first-order valence-electron chi connectivity index (χ1n) is 9.30. The molecule has 1 atom stereocenters. The van der Waals surface area contributed by atoms with E-state index < -0.39 is 27.6 Å². The van der Waals surface area contributed by atoms with Gasteiger partial charge in [0.25, 0.3) is 0 Å². The molecule has 1 N–H and O–H groups in total. The highest BCUT2D eigenvalue weighted by molar-refractivity contribution is 7.91. The Kier molecular flexibility index (Phi) is 5.94. The van der Waals surface area contributed by atoms with Gasteiger partial charge in [0, 0.05) is 30.5 Å². The number of alkyl halides is 3. The van der Waals surface area contributed by atoms with Crippen molar-refractivity contribution in [3.05, 3.63) is 66.1 Å². The zero-order valence-corrected chi connectivity index (χ0v) is 17.6. The number of aryl methyl sites for hydroxylation is 1. The van der Waals surface area contributed by atoms with E-state index >= 15 is 0 Å². The molecule has 3 rings (SSSR count). The van der Waals surface area contributed by atoms with Crippen molar-refractivity contribution in [1.29, 1.82) is 0 Å². The smallest absolute Gasteiger partial charge is 0.378 e. The molecule has 160 valence electrons. The molecule has 0 saturated heterocycles. The second-order valence-corrected chi connectivity index (χ2v) is 9.30. The van der Waals surface area contributed by atoms with Crippen LogP contribution in [-0.2, 0) is 23.1 Å². The van der Waals surface area contributed by atoms with Gasteiger partial charge in [0.05, 0.1) is 28.2 Å². The van der Waals surface area contributed by atoms with Crippen molar-refractivity contribution in [3.8, 4) is 11.3 Å². The quantitative estimate of drug-likeness (QED) is 0.585. The van der Waals surface area contributed by atoms with Gasteiger partial charge in [-0.25, -0.2) is 13.4 Å². The number of anilines is 1. The summed E-state index contributed by atoms with van der Waals surface area (Å²) in [6.07, 6.45) is -1.08. The van der Waals surface area contributed by atoms with Crippen LogP contribution in [0.4, 0.5) is 18.9 Å². The second-order valence-electron chi connectivity index (χ2n) is 7.02. The summed E-state index contributed by atoms with van der Waals surface area (Å²) in [4.78, 5) is 4.47. The van der Waals surface area contributed by atoms with E-state index in [9.17, 15) is 21.6 Å². The molecule has 2 aromatic carbocycles. The maximum absolute atomic E-state index is 13.0. The van der Waals surface area contributed by atoms with Crippen molar-refractivity contribution in [2.24, 2.45) is 7.05 Å². The Morgan fingerprint density at radius 1 is 1.17 bits per heavy atom. The topological polar surface area (TPSA) is 64.0 Å². The van der Waals surface area contributed by atoms with Gasteiger partial charge < -0.3 is 9.88 Å². The Balaban J connectivity index is 2.01. The van der Waals surface area contributed by atoms with Crippen LogP contribution in [0.3, 0.4) is 0 Å². The number of nitrogens with zero attached hydrogens (tertiary/aromatic N) is 2. The van der Waals surface area contributed by atoms with Crippen molar-refractivity contribution in [3.63, 3.8) is 0 Å². The molecular formula is C21H22F3N3O2S. The van der Waals surface area contributed by atoms with E-state index in [0.717, 1.165) is 12.1 Å². The molecule has 30 heavy (non-hydrogen) atoms. The summed E-state index contributed by atoms with van der Waals surface area (Å²) in [7, 11) is -1.64. The summed E-state index contributed by atoms with van der Waals surface area (Å²) >= 11 is 0. The number of rotatable bonds is 6. The summed E-state index contributed by atoms with van der Waals surface area (Å²) in [5.74, 6) is -0.0396. The molecule has 0 spiro atoms. The van der Waals surface area contributed by atoms with E-state index in [1.54, 1.807) is 56.2 Å². The minimum Gasteiger partial charge on any atom is -0.378 e. The van der Waals surface area contributed by atoms with E-state index in [0.29, 0.717) is 22.5 Å². The van der Waals surface area contributed by atoms with Crippen LogP contribution in [0.5, 0.6) is 0 Å². The van der Waals surface area contributed by atoms with Gasteiger partial charge in [0.2, 0.25) is 0 Å². The van der Waals surface area contributed by atoms with Crippen LogP contribution in [0.15, 0.2) is 59.9 Å². The van der Waals surface area contributed by atoms with Crippen LogP contribution in [0, 0.1) is 0 Å². The molecule has 0 radical (unpaired) electrons. The Morgan fingerprint density at radius 3 is 2.50 bits per heavy atom. The normalized spacial score (nSPS) is 13.3. The lowest BCUT2D eigenvalue weighted by molar-refractivity contribution is -0.137. The number of hydrogen-bond donors (Lipinski definition) is 1. The predicted octanol–water partition coefficient (Wildman–Crippen LogP) is 5.07. The maximum atomic E-state index is 13.0. The van der Waals surface area contributed by atoms with Gasteiger partial charge in [0.1, 0.15) is 0 Å². The van der Waals surface area contributed by atoms with Crippen LogP contribution in [0.1, 0.15) is 31.0 Å². The molecule has 0 unspecified atom stereocenters. The fraction of sp³-hybridized carbons (Fsp3) is 0.286. The highest BCUT2D eigenvalue weighted by Crippen LogP contribution is 2.34. The van der Waals surface area contributed by atoms with Gasteiger partial charge in [-0.05, 0) is 42.8 Å². The fourth-order valence-corrected chi connectivity index (χ4v) is 3.98. The molecule has 5 nitrogen and oxygen atoms in total. The van der Waals surface area contributed by atoms with Crippen LogP contribution < -0.4 is 5.32 Å². The Bertz CT molecular complexity index is 1150. The number of imidazole rings is 1. The summed E-state index contributed by atoms with van der Waals surface area (Å²) < 4.78 is 65.5. The number of sulfone groups is 1. The maximum Gasteiger partial charge on any atom is 0.416 e. The SMILES string of the molecule is CCS(=O)(=O)c1ccc(N[C@H](C)c2cccc(C(F)(F)F)c2)c(-c2cn(C)cn2)c1. The molecule has 0 saturated carbocycles. The van der Waals surface area contributed by atoms with Gasteiger partial charge in [-0.2, -0.15) is 13.2 Å². The van der Waals surface area contributed by atoms with Crippen LogP contribution >= 0.6 is 0 Å². The lowest BCUT2D eigenvalue weighted by Gasteiger charge is -2.20. The van der Waals surface area contributed by atoms with E-state index in [4.69, 9.17) is 0 Å². The average molecular weight is 437 g/mol. The van der Waals surface area contributed by atoms with Gasteiger partial charge in [0.15, 0.2) is 9.84 Å². The Labute approximate surface area is 173 Å². The van der Waals surface area contributed by atoms with E-state index in [-0.39, 0.29) is 10.6 Å². The number of aromatic nitrogens is 2. The summed E-state index contributed by atoms with van der Waals surface area (Å²) in [6.45, 7) is 3.31. The Hall–Kier alpha value is -2.81. The van der Waals surface area contributed by atoms with Crippen molar-refractivity contribution in [2.75, 3.05) is 11.1 Å². The minimum atomic E-state index is -4.43. The molecule has 1 heterocycles.